The summed E-state index contributed by atoms with van der Waals surface area (Å²) in [7, 11) is 0. The Kier molecular flexibility index (Phi) is 1.03. The second-order valence-electron chi connectivity index (χ2n) is 1.20. The lowest BCUT2D eigenvalue weighted by Gasteiger charge is -2.02. The van der Waals surface area contributed by atoms with Crippen LogP contribution in [0.2, 0.25) is 0 Å². The molecule has 0 aliphatic heterocycles. The fraction of sp³-hybridized carbons (Fsp3) is 0. The van der Waals surface area contributed by atoms with Crippen LogP contribution >= 0.6 is 0 Å². The van der Waals surface area contributed by atoms with Gasteiger partial charge in [-0.25, -0.2) is 4.79 Å². The van der Waals surface area contributed by atoms with Gasteiger partial charge < -0.3 is 5.21 Å². The van der Waals surface area contributed by atoms with Crippen LogP contribution in [0.5, 0.6) is 0 Å². The topological polar surface area (TPSA) is 92.3 Å². The maximum absolute atomic E-state index is 10.2. The van der Waals surface area contributed by atoms with E-state index in [1.807, 2.05) is 0 Å². The number of aromatic nitrogens is 3. The molecule has 0 fully saturated rings. The average molecular weight is 129 g/mol. The number of hydrogen-bond acceptors (Lipinski definition) is 5. The molecule has 1 heterocycles. The summed E-state index contributed by atoms with van der Waals surface area (Å²) in [6.45, 7) is 0. The van der Waals surface area contributed by atoms with E-state index in [0.29, 0.717) is 6.33 Å². The molecule has 7 heteroatoms. The minimum atomic E-state index is -0.972. The molecule has 0 spiro atoms. The maximum atomic E-state index is 10.2. The molecule has 1 aromatic rings. The van der Waals surface area contributed by atoms with Crippen molar-refractivity contribution in [2.45, 2.75) is 0 Å². The predicted molar refractivity (Wildman–Crippen MR) is 26.4 cm³/mol. The van der Waals surface area contributed by atoms with Crippen molar-refractivity contribution in [1.29, 1.82) is 0 Å². The summed E-state index contributed by atoms with van der Waals surface area (Å²) in [5.74, 6) is 0. The summed E-state index contributed by atoms with van der Waals surface area (Å²) in [5, 5.41) is 12.3. The zero-order valence-corrected chi connectivity index (χ0v) is 4.09. The molecule has 0 radical (unpaired) electrons. The number of rotatable bonds is 1. The van der Waals surface area contributed by atoms with Crippen LogP contribution in [0.4, 0.5) is 0 Å². The number of hydrogen-bond donors (Lipinski definition) is 0. The van der Waals surface area contributed by atoms with E-state index in [4.69, 9.17) is 0 Å². The summed E-state index contributed by atoms with van der Waals surface area (Å²) in [6, 6.07) is 0. The minimum Gasteiger partial charge on any atom is -0.789 e. The molecule has 7 nitrogen and oxygen atoms in total. The van der Waals surface area contributed by atoms with Crippen LogP contribution in [0.3, 0.4) is 0 Å². The van der Waals surface area contributed by atoms with Gasteiger partial charge in [-0.2, -0.15) is 4.98 Å². The zero-order chi connectivity index (χ0) is 6.85. The average Bonchev–Trinajstić information content (AvgIpc) is 2.12. The van der Waals surface area contributed by atoms with Gasteiger partial charge in [0.05, 0.1) is 5.29 Å². The van der Waals surface area contributed by atoms with Crippen molar-refractivity contribution >= 4 is 0 Å². The van der Waals surface area contributed by atoms with Gasteiger partial charge in [-0.15, -0.1) is 4.91 Å². The van der Waals surface area contributed by atoms with Crippen molar-refractivity contribution < 1.29 is 0 Å². The van der Waals surface area contributed by atoms with Crippen LogP contribution in [0.15, 0.2) is 16.4 Å². The standard InChI is InChI=1S/C2HN4O3/c7-2-3-1-5(9)6(2)4-8/h1H/q-1. The summed E-state index contributed by atoms with van der Waals surface area (Å²) in [4.78, 5) is 22.7. The molecule has 0 bridgehead atoms. The lowest BCUT2D eigenvalue weighted by molar-refractivity contribution is 0.616. The highest BCUT2D eigenvalue weighted by atomic mass is 16.5. The third-order valence-electron chi connectivity index (χ3n) is 0.702. The van der Waals surface area contributed by atoms with Crippen molar-refractivity contribution in [1.82, 2.24) is 14.6 Å². The third-order valence-corrected chi connectivity index (χ3v) is 0.702. The molecule has 0 saturated carbocycles. The first-order valence-corrected chi connectivity index (χ1v) is 1.93. The molecule has 1 aromatic heterocycles. The second-order valence-corrected chi connectivity index (χ2v) is 1.20. The van der Waals surface area contributed by atoms with E-state index in [0.717, 1.165) is 0 Å². The molecule has 0 saturated heterocycles. The van der Waals surface area contributed by atoms with E-state index < -0.39 is 5.69 Å². The predicted octanol–water partition coefficient (Wildman–Crippen LogP) is -1.08. The smallest absolute Gasteiger partial charge is 0.387 e. The van der Waals surface area contributed by atoms with E-state index in [-0.39, 0.29) is 9.64 Å². The summed E-state index contributed by atoms with van der Waals surface area (Å²) in [6.07, 6.45) is 0.656. The van der Waals surface area contributed by atoms with Gasteiger partial charge in [-0.05, 0) is 0 Å². The molecule has 0 aromatic carbocycles. The quantitative estimate of drug-likeness (QED) is 0.451. The van der Waals surface area contributed by atoms with Gasteiger partial charge in [-0.1, -0.05) is 4.79 Å². The van der Waals surface area contributed by atoms with Crippen molar-refractivity contribution in [2.75, 3.05) is 0 Å². The molecule has 0 aliphatic carbocycles. The molecule has 1 rings (SSSR count). The molecular weight excluding hydrogens is 128 g/mol. The summed E-state index contributed by atoms with van der Waals surface area (Å²) >= 11 is 0. The molecule has 0 N–H and O–H groups in total. The SMILES string of the molecule is O=Nn1c(=O)ncn1[O-]. The van der Waals surface area contributed by atoms with E-state index >= 15 is 0 Å². The molecular formula is C2HN4O3-. The Morgan fingerprint density at radius 3 is 2.67 bits per heavy atom. The van der Waals surface area contributed by atoms with E-state index in [1.165, 1.54) is 0 Å². The molecule has 0 unspecified atom stereocenters. The van der Waals surface area contributed by atoms with Gasteiger partial charge in [0, 0.05) is 0 Å². The van der Waals surface area contributed by atoms with Crippen LogP contribution in [0.25, 0.3) is 0 Å². The van der Waals surface area contributed by atoms with E-state index in [9.17, 15) is 14.9 Å². The van der Waals surface area contributed by atoms with Crippen LogP contribution < -0.4 is 5.69 Å². The van der Waals surface area contributed by atoms with Crippen LogP contribution in [-0.4, -0.2) is 14.6 Å². The molecule has 0 aliphatic rings. The Morgan fingerprint density at radius 1 is 1.78 bits per heavy atom. The Balaban J connectivity index is 3.40. The number of nitroso groups, excluding NO2 is 1. The van der Waals surface area contributed by atoms with Gasteiger partial charge >= 0.3 is 5.69 Å². The maximum Gasteiger partial charge on any atom is 0.387 e. The van der Waals surface area contributed by atoms with Gasteiger partial charge in [-0.3, -0.25) is 4.85 Å². The zero-order valence-electron chi connectivity index (χ0n) is 4.09. The van der Waals surface area contributed by atoms with Crippen molar-refractivity contribution in [3.05, 3.63) is 26.9 Å². The second kappa shape index (κ2) is 1.69. The number of nitrogens with zero attached hydrogens (tertiary/aromatic N) is 4. The molecule has 48 valence electrons. The largest absolute Gasteiger partial charge is 0.789 e. The Morgan fingerprint density at radius 2 is 2.44 bits per heavy atom. The Labute approximate surface area is 48.0 Å². The first-order chi connectivity index (χ1) is 4.25. The summed E-state index contributed by atoms with van der Waals surface area (Å²) in [5.41, 5.74) is -0.972. The van der Waals surface area contributed by atoms with E-state index in [2.05, 4.69) is 10.3 Å². The van der Waals surface area contributed by atoms with Gasteiger partial charge in [0.1, 0.15) is 6.33 Å². The summed E-state index contributed by atoms with van der Waals surface area (Å²) < 4.78 is 0. The third kappa shape index (κ3) is 0.671. The van der Waals surface area contributed by atoms with Crippen LogP contribution in [0.1, 0.15) is 0 Å². The lowest BCUT2D eigenvalue weighted by Crippen LogP contribution is -2.16. The lowest BCUT2D eigenvalue weighted by atomic mass is 11.3. The molecule has 0 atom stereocenters. The highest BCUT2D eigenvalue weighted by Gasteiger charge is 1.94. The highest BCUT2D eigenvalue weighted by molar-refractivity contribution is 4.65. The Hall–Kier alpha value is -1.66. The van der Waals surface area contributed by atoms with Crippen molar-refractivity contribution in [3.63, 3.8) is 0 Å². The fourth-order valence-electron chi connectivity index (χ4n) is 0.355. The Bertz CT molecular complexity index is 272. The van der Waals surface area contributed by atoms with Gasteiger partial charge in [0.25, 0.3) is 0 Å². The van der Waals surface area contributed by atoms with Gasteiger partial charge in [0.2, 0.25) is 0 Å². The van der Waals surface area contributed by atoms with Crippen molar-refractivity contribution in [2.24, 2.45) is 5.29 Å². The first kappa shape index (κ1) is 5.48. The minimum absolute atomic E-state index is 0.0556. The first-order valence-electron chi connectivity index (χ1n) is 1.93. The monoisotopic (exact) mass is 129 g/mol. The fourth-order valence-corrected chi connectivity index (χ4v) is 0.355. The normalized spacial score (nSPS) is 9.33. The van der Waals surface area contributed by atoms with E-state index in [1.54, 1.807) is 0 Å². The molecule has 0 amide bonds. The molecule has 9 heavy (non-hydrogen) atoms. The van der Waals surface area contributed by atoms with Gasteiger partial charge in [0.15, 0.2) is 0 Å². The van der Waals surface area contributed by atoms with Crippen molar-refractivity contribution in [3.8, 4) is 0 Å². The van der Waals surface area contributed by atoms with Crippen LogP contribution in [-0.2, 0) is 0 Å². The highest BCUT2D eigenvalue weighted by Crippen LogP contribution is 1.74. The van der Waals surface area contributed by atoms with Crippen LogP contribution in [0, 0.1) is 10.1 Å².